The fourth-order valence-electron chi connectivity index (χ4n) is 2.23. The van der Waals surface area contributed by atoms with Gasteiger partial charge in [-0.05, 0) is 43.4 Å². The first kappa shape index (κ1) is 13.8. The minimum atomic E-state index is -3.33. The maximum absolute atomic E-state index is 12.4. The van der Waals surface area contributed by atoms with E-state index in [2.05, 4.69) is 0 Å². The lowest BCUT2D eigenvalue weighted by Gasteiger charge is -2.30. The van der Waals surface area contributed by atoms with Gasteiger partial charge in [0, 0.05) is 19.0 Å². The van der Waals surface area contributed by atoms with Gasteiger partial charge in [-0.3, -0.25) is 0 Å². The van der Waals surface area contributed by atoms with Gasteiger partial charge in [-0.1, -0.05) is 12.1 Å². The standard InChI is InChI=1S/C13H18ClNO2S/c1-11-3-2-4-13(9-11)18(16,17)15-7-5-12(10-14)6-8-15/h2-4,9,12H,5-8,10H2,1H3. The summed E-state index contributed by atoms with van der Waals surface area (Å²) < 4.78 is 26.4. The monoisotopic (exact) mass is 287 g/mol. The van der Waals surface area contributed by atoms with Crippen molar-refractivity contribution < 1.29 is 8.42 Å². The van der Waals surface area contributed by atoms with Gasteiger partial charge in [-0.15, -0.1) is 11.6 Å². The molecule has 0 unspecified atom stereocenters. The maximum Gasteiger partial charge on any atom is 0.243 e. The summed E-state index contributed by atoms with van der Waals surface area (Å²) in [4.78, 5) is 0.395. The van der Waals surface area contributed by atoms with Gasteiger partial charge in [0.05, 0.1) is 4.90 Å². The summed E-state index contributed by atoms with van der Waals surface area (Å²) in [6.07, 6.45) is 1.71. The first-order valence-corrected chi connectivity index (χ1v) is 8.14. The van der Waals surface area contributed by atoms with Crippen LogP contribution in [0.2, 0.25) is 0 Å². The second-order valence-corrected chi connectivity index (χ2v) is 7.06. The molecule has 1 aromatic rings. The van der Waals surface area contributed by atoms with Crippen molar-refractivity contribution in [3.8, 4) is 0 Å². The third kappa shape index (κ3) is 2.87. The fourth-order valence-corrected chi connectivity index (χ4v) is 4.11. The van der Waals surface area contributed by atoms with Gasteiger partial charge in [-0.2, -0.15) is 4.31 Å². The number of hydrogen-bond acceptors (Lipinski definition) is 2. The maximum atomic E-state index is 12.4. The second-order valence-electron chi connectivity index (χ2n) is 4.82. The molecule has 0 aromatic heterocycles. The van der Waals surface area contributed by atoms with Crippen LogP contribution in [0.4, 0.5) is 0 Å². The number of alkyl halides is 1. The van der Waals surface area contributed by atoms with Crippen molar-refractivity contribution in [2.24, 2.45) is 5.92 Å². The van der Waals surface area contributed by atoms with Crippen LogP contribution in [0.25, 0.3) is 0 Å². The Bertz CT molecular complexity index is 507. The van der Waals surface area contributed by atoms with Crippen LogP contribution in [0.3, 0.4) is 0 Å². The summed E-state index contributed by atoms with van der Waals surface area (Å²) in [5.74, 6) is 1.08. The summed E-state index contributed by atoms with van der Waals surface area (Å²) >= 11 is 5.81. The van der Waals surface area contributed by atoms with E-state index in [4.69, 9.17) is 11.6 Å². The van der Waals surface area contributed by atoms with E-state index >= 15 is 0 Å². The van der Waals surface area contributed by atoms with E-state index in [1.165, 1.54) is 0 Å². The molecule has 0 aliphatic carbocycles. The number of hydrogen-bond donors (Lipinski definition) is 0. The Morgan fingerprint density at radius 3 is 2.56 bits per heavy atom. The predicted molar refractivity (Wildman–Crippen MR) is 73.4 cm³/mol. The van der Waals surface area contributed by atoms with Gasteiger partial charge in [0.15, 0.2) is 0 Å². The molecule has 18 heavy (non-hydrogen) atoms. The van der Waals surface area contributed by atoms with Crippen LogP contribution < -0.4 is 0 Å². The Morgan fingerprint density at radius 1 is 1.33 bits per heavy atom. The van der Waals surface area contributed by atoms with Crippen LogP contribution in [-0.2, 0) is 10.0 Å². The van der Waals surface area contributed by atoms with E-state index in [1.807, 2.05) is 13.0 Å². The molecule has 2 rings (SSSR count). The number of halogens is 1. The highest BCUT2D eigenvalue weighted by Crippen LogP contribution is 2.24. The average Bonchev–Trinajstić information content (AvgIpc) is 2.39. The highest BCUT2D eigenvalue weighted by atomic mass is 35.5. The number of rotatable bonds is 3. The van der Waals surface area contributed by atoms with Crippen molar-refractivity contribution in [3.05, 3.63) is 29.8 Å². The van der Waals surface area contributed by atoms with E-state index < -0.39 is 10.0 Å². The first-order valence-electron chi connectivity index (χ1n) is 6.17. The molecule has 1 aliphatic heterocycles. The molecule has 0 bridgehead atoms. The van der Waals surface area contributed by atoms with Crippen molar-refractivity contribution >= 4 is 21.6 Å². The lowest BCUT2D eigenvalue weighted by atomic mass is 10.0. The molecule has 1 saturated heterocycles. The van der Waals surface area contributed by atoms with Gasteiger partial charge in [0.25, 0.3) is 0 Å². The average molecular weight is 288 g/mol. The second kappa shape index (κ2) is 5.59. The predicted octanol–water partition coefficient (Wildman–Crippen LogP) is 2.63. The topological polar surface area (TPSA) is 37.4 Å². The van der Waals surface area contributed by atoms with Crippen LogP contribution >= 0.6 is 11.6 Å². The van der Waals surface area contributed by atoms with Gasteiger partial charge >= 0.3 is 0 Å². The summed E-state index contributed by atoms with van der Waals surface area (Å²) in [5.41, 5.74) is 0.965. The van der Waals surface area contributed by atoms with Crippen LogP contribution in [-0.4, -0.2) is 31.7 Å². The van der Waals surface area contributed by atoms with Crippen molar-refractivity contribution in [1.29, 1.82) is 0 Å². The SMILES string of the molecule is Cc1cccc(S(=O)(=O)N2CCC(CCl)CC2)c1. The number of piperidine rings is 1. The molecule has 1 aromatic carbocycles. The third-order valence-corrected chi connectivity index (χ3v) is 5.75. The molecule has 3 nitrogen and oxygen atoms in total. The zero-order valence-electron chi connectivity index (χ0n) is 10.5. The van der Waals surface area contributed by atoms with E-state index in [-0.39, 0.29) is 0 Å². The zero-order chi connectivity index (χ0) is 13.2. The van der Waals surface area contributed by atoms with Crippen LogP contribution in [0.1, 0.15) is 18.4 Å². The van der Waals surface area contributed by atoms with Crippen LogP contribution in [0.15, 0.2) is 29.2 Å². The molecule has 1 fully saturated rings. The van der Waals surface area contributed by atoms with Crippen LogP contribution in [0.5, 0.6) is 0 Å². The van der Waals surface area contributed by atoms with E-state index in [9.17, 15) is 8.42 Å². The summed E-state index contributed by atoms with van der Waals surface area (Å²) in [5, 5.41) is 0. The lowest BCUT2D eigenvalue weighted by Crippen LogP contribution is -2.38. The smallest absolute Gasteiger partial charge is 0.207 e. The molecule has 0 N–H and O–H groups in total. The van der Waals surface area contributed by atoms with E-state index in [1.54, 1.807) is 22.5 Å². The van der Waals surface area contributed by atoms with Gasteiger partial charge in [0.1, 0.15) is 0 Å². The van der Waals surface area contributed by atoms with Gasteiger partial charge in [0.2, 0.25) is 10.0 Å². The lowest BCUT2D eigenvalue weighted by molar-refractivity contribution is 0.290. The Kier molecular flexibility index (Phi) is 4.30. The molecule has 0 atom stereocenters. The highest BCUT2D eigenvalue weighted by Gasteiger charge is 2.28. The van der Waals surface area contributed by atoms with Crippen molar-refractivity contribution in [1.82, 2.24) is 4.31 Å². The zero-order valence-corrected chi connectivity index (χ0v) is 12.0. The minimum Gasteiger partial charge on any atom is -0.207 e. The normalized spacial score (nSPS) is 19.0. The number of aryl methyl sites for hydroxylation is 1. The third-order valence-electron chi connectivity index (χ3n) is 3.42. The molecule has 0 saturated carbocycles. The first-order chi connectivity index (χ1) is 8.54. The molecule has 1 heterocycles. The Balaban J connectivity index is 2.17. The molecular formula is C13H18ClNO2S. The van der Waals surface area contributed by atoms with E-state index in [0.29, 0.717) is 29.8 Å². The van der Waals surface area contributed by atoms with Gasteiger partial charge in [-0.25, -0.2) is 8.42 Å². The quantitative estimate of drug-likeness (QED) is 0.802. The van der Waals surface area contributed by atoms with Crippen molar-refractivity contribution in [2.45, 2.75) is 24.7 Å². The number of benzene rings is 1. The molecule has 0 radical (unpaired) electrons. The fraction of sp³-hybridized carbons (Fsp3) is 0.538. The van der Waals surface area contributed by atoms with Gasteiger partial charge < -0.3 is 0 Å². The molecule has 0 amide bonds. The molecule has 5 heteroatoms. The van der Waals surface area contributed by atoms with E-state index in [0.717, 1.165) is 18.4 Å². The number of nitrogens with zero attached hydrogens (tertiary/aromatic N) is 1. The Morgan fingerprint density at radius 2 is 2.00 bits per heavy atom. The Hall–Kier alpha value is -0.580. The minimum absolute atomic E-state index is 0.395. The number of sulfonamides is 1. The van der Waals surface area contributed by atoms with Crippen molar-refractivity contribution in [3.63, 3.8) is 0 Å². The summed E-state index contributed by atoms with van der Waals surface area (Å²) in [6, 6.07) is 7.07. The van der Waals surface area contributed by atoms with Crippen molar-refractivity contribution in [2.75, 3.05) is 19.0 Å². The van der Waals surface area contributed by atoms with Crippen LogP contribution in [0, 0.1) is 12.8 Å². The molecule has 1 aliphatic rings. The molecule has 0 spiro atoms. The molecular weight excluding hydrogens is 270 g/mol. The summed E-state index contributed by atoms with van der Waals surface area (Å²) in [7, 11) is -3.33. The Labute approximate surface area is 114 Å². The summed E-state index contributed by atoms with van der Waals surface area (Å²) in [6.45, 7) is 3.06. The molecule has 100 valence electrons. The largest absolute Gasteiger partial charge is 0.243 e. The highest BCUT2D eigenvalue weighted by molar-refractivity contribution is 7.89.